The molecular formula is C10H22N2O. The van der Waals surface area contributed by atoms with E-state index in [-0.39, 0.29) is 0 Å². The van der Waals surface area contributed by atoms with Crippen LogP contribution in [-0.4, -0.2) is 43.8 Å². The third-order valence-corrected chi connectivity index (χ3v) is 3.34. The highest BCUT2D eigenvalue weighted by molar-refractivity contribution is 4.86. The minimum Gasteiger partial charge on any atom is -0.383 e. The zero-order valence-corrected chi connectivity index (χ0v) is 8.99. The number of hydrogen-bond donors (Lipinski definition) is 1. The standard InChI is InChI=1S/C10H22N2O/c1-8-9(2)12(6-7-13-3)5-4-10(8)11/h8-10H,4-7,11H2,1-3H3. The summed E-state index contributed by atoms with van der Waals surface area (Å²) < 4.78 is 5.08. The molecule has 0 aromatic heterocycles. The molecule has 3 atom stereocenters. The van der Waals surface area contributed by atoms with Crippen LogP contribution in [0.5, 0.6) is 0 Å². The van der Waals surface area contributed by atoms with E-state index < -0.39 is 0 Å². The fraction of sp³-hybridized carbons (Fsp3) is 1.00. The molecule has 1 saturated heterocycles. The Bertz CT molecular complexity index is 150. The number of piperidine rings is 1. The van der Waals surface area contributed by atoms with Gasteiger partial charge in [-0.05, 0) is 19.3 Å². The van der Waals surface area contributed by atoms with Crippen molar-refractivity contribution in [3.8, 4) is 0 Å². The first-order valence-corrected chi connectivity index (χ1v) is 5.15. The molecule has 0 radical (unpaired) electrons. The Kier molecular flexibility index (Phi) is 4.16. The number of nitrogens with zero attached hydrogens (tertiary/aromatic N) is 1. The van der Waals surface area contributed by atoms with Gasteiger partial charge in [0.1, 0.15) is 0 Å². The van der Waals surface area contributed by atoms with Crippen LogP contribution in [0.3, 0.4) is 0 Å². The monoisotopic (exact) mass is 186 g/mol. The van der Waals surface area contributed by atoms with Crippen molar-refractivity contribution in [3.05, 3.63) is 0 Å². The van der Waals surface area contributed by atoms with E-state index in [4.69, 9.17) is 10.5 Å². The molecule has 3 unspecified atom stereocenters. The highest BCUT2D eigenvalue weighted by Crippen LogP contribution is 2.21. The van der Waals surface area contributed by atoms with E-state index in [1.54, 1.807) is 7.11 Å². The third-order valence-electron chi connectivity index (χ3n) is 3.34. The van der Waals surface area contributed by atoms with Crippen molar-refractivity contribution in [1.82, 2.24) is 4.90 Å². The molecular weight excluding hydrogens is 164 g/mol. The Morgan fingerprint density at radius 1 is 1.46 bits per heavy atom. The summed E-state index contributed by atoms with van der Waals surface area (Å²) in [4.78, 5) is 2.47. The van der Waals surface area contributed by atoms with Gasteiger partial charge in [0.2, 0.25) is 0 Å². The van der Waals surface area contributed by atoms with Crippen molar-refractivity contribution in [1.29, 1.82) is 0 Å². The average molecular weight is 186 g/mol. The second kappa shape index (κ2) is 4.94. The summed E-state index contributed by atoms with van der Waals surface area (Å²) in [5.74, 6) is 0.602. The number of ether oxygens (including phenoxy) is 1. The Balaban J connectivity index is 2.39. The molecule has 0 aromatic rings. The molecule has 3 nitrogen and oxygen atoms in total. The summed E-state index contributed by atoms with van der Waals surface area (Å²) in [6.45, 7) is 7.49. The van der Waals surface area contributed by atoms with E-state index in [1.807, 2.05) is 0 Å². The van der Waals surface area contributed by atoms with Gasteiger partial charge in [0.15, 0.2) is 0 Å². The second-order valence-electron chi connectivity index (χ2n) is 4.08. The lowest BCUT2D eigenvalue weighted by atomic mass is 9.88. The van der Waals surface area contributed by atoms with Crippen LogP contribution in [0.25, 0.3) is 0 Å². The van der Waals surface area contributed by atoms with Crippen LogP contribution in [0.15, 0.2) is 0 Å². The quantitative estimate of drug-likeness (QED) is 0.705. The van der Waals surface area contributed by atoms with E-state index in [1.165, 1.54) is 0 Å². The van der Waals surface area contributed by atoms with Crippen molar-refractivity contribution in [2.24, 2.45) is 11.7 Å². The highest BCUT2D eigenvalue weighted by Gasteiger charge is 2.29. The van der Waals surface area contributed by atoms with E-state index in [2.05, 4.69) is 18.7 Å². The topological polar surface area (TPSA) is 38.5 Å². The van der Waals surface area contributed by atoms with Gasteiger partial charge in [-0.2, -0.15) is 0 Å². The van der Waals surface area contributed by atoms with Gasteiger partial charge in [-0.3, -0.25) is 4.90 Å². The van der Waals surface area contributed by atoms with E-state index in [0.29, 0.717) is 18.0 Å². The SMILES string of the molecule is COCCN1CCC(N)C(C)C1C. The second-order valence-corrected chi connectivity index (χ2v) is 4.08. The van der Waals surface area contributed by atoms with Gasteiger partial charge in [0, 0.05) is 32.3 Å². The molecule has 0 amide bonds. The molecule has 1 rings (SSSR count). The van der Waals surface area contributed by atoms with E-state index in [9.17, 15) is 0 Å². The Labute approximate surface area is 81.2 Å². The summed E-state index contributed by atoms with van der Waals surface area (Å²) in [5, 5.41) is 0. The first-order chi connectivity index (χ1) is 6.16. The van der Waals surface area contributed by atoms with Gasteiger partial charge in [-0.15, -0.1) is 0 Å². The van der Waals surface area contributed by atoms with Gasteiger partial charge in [0.25, 0.3) is 0 Å². The largest absolute Gasteiger partial charge is 0.383 e. The van der Waals surface area contributed by atoms with Crippen molar-refractivity contribution in [2.75, 3.05) is 26.8 Å². The Hall–Kier alpha value is -0.120. The molecule has 1 heterocycles. The molecule has 1 aliphatic rings. The molecule has 0 aliphatic carbocycles. The zero-order chi connectivity index (χ0) is 9.84. The number of likely N-dealkylation sites (tertiary alicyclic amines) is 1. The summed E-state index contributed by atoms with van der Waals surface area (Å²) in [6, 6.07) is 0.979. The summed E-state index contributed by atoms with van der Waals surface area (Å²) >= 11 is 0. The van der Waals surface area contributed by atoms with Gasteiger partial charge in [-0.1, -0.05) is 6.92 Å². The Morgan fingerprint density at radius 2 is 2.15 bits per heavy atom. The maximum Gasteiger partial charge on any atom is 0.0589 e. The maximum absolute atomic E-state index is 6.00. The molecule has 0 bridgehead atoms. The number of nitrogens with two attached hydrogens (primary N) is 1. The number of methoxy groups -OCH3 is 1. The summed E-state index contributed by atoms with van der Waals surface area (Å²) in [5.41, 5.74) is 6.00. The van der Waals surface area contributed by atoms with E-state index >= 15 is 0 Å². The van der Waals surface area contributed by atoms with Crippen LogP contribution >= 0.6 is 0 Å². The van der Waals surface area contributed by atoms with Crippen molar-refractivity contribution in [3.63, 3.8) is 0 Å². The van der Waals surface area contributed by atoms with Crippen molar-refractivity contribution < 1.29 is 4.74 Å². The number of hydrogen-bond acceptors (Lipinski definition) is 3. The minimum atomic E-state index is 0.383. The summed E-state index contributed by atoms with van der Waals surface area (Å²) in [7, 11) is 1.75. The van der Waals surface area contributed by atoms with Gasteiger partial charge in [-0.25, -0.2) is 0 Å². The molecule has 2 N–H and O–H groups in total. The first kappa shape index (κ1) is 11.0. The predicted molar refractivity (Wildman–Crippen MR) is 54.7 cm³/mol. The van der Waals surface area contributed by atoms with Crippen LogP contribution in [0.4, 0.5) is 0 Å². The van der Waals surface area contributed by atoms with Crippen molar-refractivity contribution in [2.45, 2.75) is 32.4 Å². The summed E-state index contributed by atoms with van der Waals surface area (Å²) in [6.07, 6.45) is 1.12. The minimum absolute atomic E-state index is 0.383. The molecule has 0 saturated carbocycles. The highest BCUT2D eigenvalue weighted by atomic mass is 16.5. The molecule has 1 aliphatic heterocycles. The molecule has 78 valence electrons. The van der Waals surface area contributed by atoms with Crippen LogP contribution in [0.2, 0.25) is 0 Å². The van der Waals surface area contributed by atoms with Gasteiger partial charge < -0.3 is 10.5 Å². The van der Waals surface area contributed by atoms with Crippen molar-refractivity contribution >= 4 is 0 Å². The molecule has 0 aromatic carbocycles. The fourth-order valence-corrected chi connectivity index (χ4v) is 2.00. The average Bonchev–Trinajstić information content (AvgIpc) is 2.13. The zero-order valence-electron chi connectivity index (χ0n) is 8.99. The lowest BCUT2D eigenvalue weighted by Crippen LogP contribution is -2.52. The van der Waals surface area contributed by atoms with E-state index in [0.717, 1.165) is 26.1 Å². The lowest BCUT2D eigenvalue weighted by molar-refractivity contribution is 0.0665. The molecule has 3 heteroatoms. The first-order valence-electron chi connectivity index (χ1n) is 5.15. The third kappa shape index (κ3) is 2.66. The molecule has 13 heavy (non-hydrogen) atoms. The smallest absolute Gasteiger partial charge is 0.0589 e. The van der Waals surface area contributed by atoms with Gasteiger partial charge in [0.05, 0.1) is 6.61 Å². The lowest BCUT2D eigenvalue weighted by Gasteiger charge is -2.41. The maximum atomic E-state index is 6.00. The van der Waals surface area contributed by atoms with Crippen LogP contribution < -0.4 is 5.73 Å². The van der Waals surface area contributed by atoms with Crippen LogP contribution in [-0.2, 0) is 4.74 Å². The Morgan fingerprint density at radius 3 is 2.77 bits per heavy atom. The number of rotatable bonds is 3. The normalized spacial score (nSPS) is 36.5. The van der Waals surface area contributed by atoms with Gasteiger partial charge >= 0.3 is 0 Å². The molecule has 0 spiro atoms. The van der Waals surface area contributed by atoms with Crippen LogP contribution in [0.1, 0.15) is 20.3 Å². The predicted octanol–water partition coefficient (Wildman–Crippen LogP) is 0.690. The van der Waals surface area contributed by atoms with Crippen LogP contribution in [0, 0.1) is 5.92 Å². The molecule has 1 fully saturated rings. The fourth-order valence-electron chi connectivity index (χ4n) is 2.00.